The Balaban J connectivity index is 2.10. The quantitative estimate of drug-likeness (QED) is 0.633. The van der Waals surface area contributed by atoms with Crippen molar-refractivity contribution in [1.82, 2.24) is 5.32 Å². The molecule has 0 bridgehead atoms. The molecule has 102 valence electrons. The van der Waals surface area contributed by atoms with Crippen molar-refractivity contribution in [3.8, 4) is 0 Å². The van der Waals surface area contributed by atoms with Crippen LogP contribution >= 0.6 is 12.2 Å². The first-order chi connectivity index (χ1) is 9.13. The number of hydrogen-bond donors (Lipinski definition) is 1. The normalized spacial score (nSPS) is 25.2. The van der Waals surface area contributed by atoms with Crippen molar-refractivity contribution < 1.29 is 9.59 Å². The van der Waals surface area contributed by atoms with Crippen LogP contribution in [-0.4, -0.2) is 22.5 Å². The van der Waals surface area contributed by atoms with Crippen molar-refractivity contribution >= 4 is 28.6 Å². The van der Waals surface area contributed by atoms with E-state index in [4.69, 9.17) is 12.2 Å². The number of thiocarbonyl (C=S) groups is 1. The molecule has 1 N–H and O–H groups in total. The Morgan fingerprint density at radius 1 is 1.32 bits per heavy atom. The lowest BCUT2D eigenvalue weighted by Crippen LogP contribution is -2.41. The monoisotopic (exact) mass is 277 g/mol. The van der Waals surface area contributed by atoms with Crippen molar-refractivity contribution in [3.63, 3.8) is 0 Å². The van der Waals surface area contributed by atoms with Crippen LogP contribution in [0.25, 0.3) is 0 Å². The second kappa shape index (κ2) is 6.24. The smallest absolute Gasteiger partial charge is 0.216 e. The van der Waals surface area contributed by atoms with Gasteiger partial charge in [0.1, 0.15) is 0 Å². The van der Waals surface area contributed by atoms with Crippen molar-refractivity contribution in [2.24, 2.45) is 5.92 Å². The summed E-state index contributed by atoms with van der Waals surface area (Å²) in [7, 11) is 0. The predicted molar refractivity (Wildman–Crippen MR) is 79.0 cm³/mol. The standard InChI is InChI=1S/C15H19NO2S/c1-2-6-11-13(17)9-12(14(18)15(11)19)16-10-7-4-3-5-8-10/h2,9-11,16H,1,3-8H2. The first kappa shape index (κ1) is 14.1. The molecular weight excluding hydrogens is 258 g/mol. The van der Waals surface area contributed by atoms with Gasteiger partial charge in [-0.05, 0) is 19.3 Å². The van der Waals surface area contributed by atoms with E-state index in [9.17, 15) is 9.59 Å². The molecule has 0 radical (unpaired) electrons. The fourth-order valence-electron chi connectivity index (χ4n) is 2.69. The Bertz CT molecular complexity index is 447. The van der Waals surface area contributed by atoms with E-state index in [0.717, 1.165) is 12.8 Å². The van der Waals surface area contributed by atoms with E-state index in [1.807, 2.05) is 0 Å². The molecule has 4 heteroatoms. The van der Waals surface area contributed by atoms with E-state index in [1.165, 1.54) is 25.3 Å². The number of carbonyl (C=O) groups is 2. The summed E-state index contributed by atoms with van der Waals surface area (Å²) >= 11 is 5.14. The van der Waals surface area contributed by atoms with Crippen molar-refractivity contribution in [2.45, 2.75) is 44.6 Å². The molecule has 1 saturated carbocycles. The summed E-state index contributed by atoms with van der Waals surface area (Å²) in [5, 5.41) is 3.21. The molecule has 1 fully saturated rings. The van der Waals surface area contributed by atoms with Crippen LogP contribution in [0.15, 0.2) is 24.4 Å². The summed E-state index contributed by atoms with van der Waals surface area (Å²) in [5.74, 6) is -0.758. The van der Waals surface area contributed by atoms with Gasteiger partial charge in [-0.2, -0.15) is 0 Å². The summed E-state index contributed by atoms with van der Waals surface area (Å²) in [6.07, 6.45) is 9.23. The van der Waals surface area contributed by atoms with Crippen molar-refractivity contribution in [3.05, 3.63) is 24.4 Å². The van der Waals surface area contributed by atoms with Gasteiger partial charge in [-0.15, -0.1) is 6.58 Å². The van der Waals surface area contributed by atoms with Crippen LogP contribution in [-0.2, 0) is 9.59 Å². The molecule has 2 aliphatic carbocycles. The molecule has 3 nitrogen and oxygen atoms in total. The predicted octanol–water partition coefficient (Wildman–Crippen LogP) is 2.51. The van der Waals surface area contributed by atoms with Crippen LogP contribution in [0.3, 0.4) is 0 Å². The summed E-state index contributed by atoms with van der Waals surface area (Å²) in [5.41, 5.74) is 0.391. The van der Waals surface area contributed by atoms with E-state index in [2.05, 4.69) is 11.9 Å². The van der Waals surface area contributed by atoms with Gasteiger partial charge in [-0.1, -0.05) is 37.6 Å². The Hall–Kier alpha value is -1.29. The molecule has 1 unspecified atom stereocenters. The second-order valence-corrected chi connectivity index (χ2v) is 5.65. The fraction of sp³-hybridized carbons (Fsp3) is 0.533. The van der Waals surface area contributed by atoms with Gasteiger partial charge in [0, 0.05) is 12.1 Å². The Labute approximate surface area is 119 Å². The Morgan fingerprint density at radius 3 is 2.63 bits per heavy atom. The molecule has 2 aliphatic rings. The third kappa shape index (κ3) is 3.18. The zero-order chi connectivity index (χ0) is 13.8. The second-order valence-electron chi connectivity index (χ2n) is 5.21. The van der Waals surface area contributed by atoms with Gasteiger partial charge < -0.3 is 5.32 Å². The van der Waals surface area contributed by atoms with E-state index >= 15 is 0 Å². The SMILES string of the molecule is C=CCC1C(=O)C=C(NC2CCCCC2)C(=O)C1=S. The minimum absolute atomic E-state index is 0.0807. The number of Topliss-reactive ketones (excluding diaryl/α,β-unsaturated/α-hetero) is 1. The van der Waals surface area contributed by atoms with Crippen LogP contribution in [0.5, 0.6) is 0 Å². The molecule has 0 aromatic heterocycles. The molecule has 0 heterocycles. The molecule has 0 saturated heterocycles. The minimum atomic E-state index is -0.489. The van der Waals surface area contributed by atoms with E-state index in [-0.39, 0.29) is 16.4 Å². The van der Waals surface area contributed by atoms with Crippen LogP contribution < -0.4 is 5.32 Å². The maximum Gasteiger partial charge on any atom is 0.216 e. The van der Waals surface area contributed by atoms with Crippen molar-refractivity contribution in [1.29, 1.82) is 0 Å². The molecule has 0 aliphatic heterocycles. The maximum atomic E-state index is 12.2. The van der Waals surface area contributed by atoms with Crippen molar-refractivity contribution in [2.75, 3.05) is 0 Å². The van der Waals surface area contributed by atoms with Crippen LogP contribution in [0, 0.1) is 5.92 Å². The van der Waals surface area contributed by atoms with Crippen LogP contribution in [0.1, 0.15) is 38.5 Å². The number of rotatable bonds is 4. The summed E-state index contributed by atoms with van der Waals surface area (Å²) < 4.78 is 0. The highest BCUT2D eigenvalue weighted by Crippen LogP contribution is 2.22. The molecule has 19 heavy (non-hydrogen) atoms. The minimum Gasteiger partial charge on any atom is -0.379 e. The van der Waals surface area contributed by atoms with Gasteiger partial charge in [0.2, 0.25) is 5.78 Å². The zero-order valence-corrected chi connectivity index (χ0v) is 11.8. The van der Waals surface area contributed by atoms with E-state index in [1.54, 1.807) is 6.08 Å². The number of nitrogens with one attached hydrogen (secondary N) is 1. The van der Waals surface area contributed by atoms with Gasteiger partial charge in [-0.25, -0.2) is 0 Å². The van der Waals surface area contributed by atoms with Gasteiger partial charge >= 0.3 is 0 Å². The highest BCUT2D eigenvalue weighted by Gasteiger charge is 2.33. The van der Waals surface area contributed by atoms with Gasteiger partial charge in [0.05, 0.1) is 16.5 Å². The first-order valence-corrected chi connectivity index (χ1v) is 7.26. The number of carbonyl (C=O) groups excluding carboxylic acids is 2. The van der Waals surface area contributed by atoms with Gasteiger partial charge in [0.15, 0.2) is 5.78 Å². The lowest BCUT2D eigenvalue weighted by molar-refractivity contribution is -0.119. The molecule has 1 atom stereocenters. The Morgan fingerprint density at radius 2 is 2.00 bits per heavy atom. The third-order valence-electron chi connectivity index (χ3n) is 3.78. The van der Waals surface area contributed by atoms with Crippen LogP contribution in [0.2, 0.25) is 0 Å². The van der Waals surface area contributed by atoms with E-state index < -0.39 is 5.92 Å². The molecular formula is C15H19NO2S. The lowest BCUT2D eigenvalue weighted by atomic mass is 9.86. The third-order valence-corrected chi connectivity index (χ3v) is 4.25. The maximum absolute atomic E-state index is 12.2. The molecule has 0 amide bonds. The zero-order valence-electron chi connectivity index (χ0n) is 11.0. The van der Waals surface area contributed by atoms with E-state index in [0.29, 0.717) is 18.2 Å². The highest BCUT2D eigenvalue weighted by molar-refractivity contribution is 7.82. The average molecular weight is 277 g/mol. The van der Waals surface area contributed by atoms with Gasteiger partial charge in [0.25, 0.3) is 0 Å². The largest absolute Gasteiger partial charge is 0.379 e. The molecule has 0 spiro atoms. The lowest BCUT2D eigenvalue weighted by Gasteiger charge is -2.27. The number of ketones is 2. The van der Waals surface area contributed by atoms with Crippen LogP contribution in [0.4, 0.5) is 0 Å². The first-order valence-electron chi connectivity index (χ1n) is 6.85. The summed E-state index contributed by atoms with van der Waals surface area (Å²) in [4.78, 5) is 24.4. The Kier molecular flexibility index (Phi) is 4.64. The topological polar surface area (TPSA) is 46.2 Å². The molecule has 0 aromatic rings. The molecule has 0 aromatic carbocycles. The average Bonchev–Trinajstić information content (AvgIpc) is 2.42. The molecule has 2 rings (SSSR count). The number of hydrogen-bond acceptors (Lipinski definition) is 4. The highest BCUT2D eigenvalue weighted by atomic mass is 32.1. The number of allylic oxidation sites excluding steroid dienone is 3. The van der Waals surface area contributed by atoms with Gasteiger partial charge in [-0.3, -0.25) is 9.59 Å². The summed E-state index contributed by atoms with van der Waals surface area (Å²) in [6.45, 7) is 3.60. The fourth-order valence-corrected chi connectivity index (χ4v) is 3.01. The summed E-state index contributed by atoms with van der Waals surface area (Å²) in [6, 6.07) is 0.301.